The molecule has 0 saturated heterocycles. The molecule has 0 aromatic carbocycles. The number of halogens is 1. The van der Waals surface area contributed by atoms with Crippen LogP contribution in [0.4, 0.5) is 0 Å². The quantitative estimate of drug-likeness (QED) is 0.480. The third kappa shape index (κ3) is 4.92. The van der Waals surface area contributed by atoms with Gasteiger partial charge in [-0.05, 0) is 0 Å². The lowest BCUT2D eigenvalue weighted by Crippen LogP contribution is -2.40. The zero-order valence-corrected chi connectivity index (χ0v) is 7.17. The largest absolute Gasteiger partial charge is 0.480 e. The van der Waals surface area contributed by atoms with Gasteiger partial charge in [0.15, 0.2) is 0 Å². The number of carboxylic acid groups (broad SMARTS) is 1. The molecule has 0 rings (SSSR count). The molecule has 12 heavy (non-hydrogen) atoms. The predicted octanol–water partition coefficient (Wildman–Crippen LogP) is -0.857. The molecule has 1 atom stereocenters. The number of carboxylic acids is 1. The summed E-state index contributed by atoms with van der Waals surface area (Å²) >= 11 is 5.32. The Kier molecular flexibility index (Phi) is 5.40. The predicted molar refractivity (Wildman–Crippen MR) is 44.0 cm³/mol. The van der Waals surface area contributed by atoms with Crippen LogP contribution in [0.15, 0.2) is 0 Å². The average molecular weight is 195 g/mol. The lowest BCUT2D eigenvalue weighted by Gasteiger charge is -2.10. The van der Waals surface area contributed by atoms with E-state index in [4.69, 9.17) is 22.4 Å². The van der Waals surface area contributed by atoms with Gasteiger partial charge in [0.25, 0.3) is 0 Å². The smallest absolute Gasteiger partial charge is 0.321 e. The highest BCUT2D eigenvalue weighted by Crippen LogP contribution is 1.91. The lowest BCUT2D eigenvalue weighted by atomic mass is 10.2. The number of carbonyl (C=O) groups is 2. The van der Waals surface area contributed by atoms with Crippen molar-refractivity contribution in [2.45, 2.75) is 12.5 Å². The standard InChI is InChI=1S/C6H11ClN2O3/c7-1-2-9-4(6(11)12)3-5(8)10/h4,9H,1-3H2,(H2,8,10)(H,11,12). The Hall–Kier alpha value is -0.810. The highest BCUT2D eigenvalue weighted by atomic mass is 35.5. The fourth-order valence-electron chi connectivity index (χ4n) is 0.677. The maximum Gasteiger partial charge on any atom is 0.321 e. The van der Waals surface area contributed by atoms with E-state index in [0.29, 0.717) is 12.4 Å². The monoisotopic (exact) mass is 194 g/mol. The van der Waals surface area contributed by atoms with E-state index in [2.05, 4.69) is 5.32 Å². The molecule has 0 aromatic heterocycles. The summed E-state index contributed by atoms with van der Waals surface area (Å²) in [6.07, 6.45) is -0.216. The normalized spacial score (nSPS) is 12.4. The van der Waals surface area contributed by atoms with Crippen molar-refractivity contribution in [2.75, 3.05) is 12.4 Å². The molecule has 0 fully saturated rings. The Morgan fingerprint density at radius 1 is 1.58 bits per heavy atom. The number of carbonyl (C=O) groups excluding carboxylic acids is 1. The molecule has 1 unspecified atom stereocenters. The van der Waals surface area contributed by atoms with Crippen LogP contribution in [0.25, 0.3) is 0 Å². The van der Waals surface area contributed by atoms with Crippen LogP contribution < -0.4 is 11.1 Å². The van der Waals surface area contributed by atoms with Gasteiger partial charge in [0.2, 0.25) is 5.91 Å². The number of rotatable bonds is 6. The van der Waals surface area contributed by atoms with E-state index in [9.17, 15) is 9.59 Å². The van der Waals surface area contributed by atoms with Crippen LogP contribution in [-0.4, -0.2) is 35.4 Å². The van der Waals surface area contributed by atoms with Crippen LogP contribution in [0.3, 0.4) is 0 Å². The highest BCUT2D eigenvalue weighted by Gasteiger charge is 2.18. The van der Waals surface area contributed by atoms with E-state index in [1.54, 1.807) is 0 Å². The number of nitrogens with one attached hydrogen (secondary N) is 1. The van der Waals surface area contributed by atoms with Crippen LogP contribution in [0.2, 0.25) is 0 Å². The van der Waals surface area contributed by atoms with Gasteiger partial charge >= 0.3 is 5.97 Å². The lowest BCUT2D eigenvalue weighted by molar-refractivity contribution is -0.141. The maximum atomic E-state index is 10.4. The minimum absolute atomic E-state index is 0.216. The Morgan fingerprint density at radius 2 is 2.17 bits per heavy atom. The molecule has 0 spiro atoms. The van der Waals surface area contributed by atoms with Gasteiger partial charge in [-0.15, -0.1) is 11.6 Å². The average Bonchev–Trinajstić information content (AvgIpc) is 1.96. The molecule has 0 aromatic rings. The molecule has 0 radical (unpaired) electrons. The SMILES string of the molecule is NC(=O)CC(NCCCl)C(=O)O. The van der Waals surface area contributed by atoms with E-state index in [0.717, 1.165) is 0 Å². The molecular formula is C6H11ClN2O3. The summed E-state index contributed by atoms with van der Waals surface area (Å²) < 4.78 is 0. The van der Waals surface area contributed by atoms with E-state index < -0.39 is 17.9 Å². The summed E-state index contributed by atoms with van der Waals surface area (Å²) in [7, 11) is 0. The van der Waals surface area contributed by atoms with Gasteiger partial charge in [0.05, 0.1) is 6.42 Å². The van der Waals surface area contributed by atoms with Crippen molar-refractivity contribution in [2.24, 2.45) is 5.73 Å². The van der Waals surface area contributed by atoms with Crippen molar-refractivity contribution in [3.63, 3.8) is 0 Å². The highest BCUT2D eigenvalue weighted by molar-refractivity contribution is 6.18. The zero-order valence-electron chi connectivity index (χ0n) is 6.42. The number of amides is 1. The number of hydrogen-bond donors (Lipinski definition) is 3. The van der Waals surface area contributed by atoms with E-state index in [1.165, 1.54) is 0 Å². The third-order valence-corrected chi connectivity index (χ3v) is 1.38. The molecule has 70 valence electrons. The van der Waals surface area contributed by atoms with Crippen LogP contribution in [0, 0.1) is 0 Å². The first-order valence-corrected chi connectivity index (χ1v) is 3.92. The number of alkyl halides is 1. The molecule has 5 nitrogen and oxygen atoms in total. The Balaban J connectivity index is 3.87. The summed E-state index contributed by atoms with van der Waals surface area (Å²) in [6, 6.07) is -0.929. The van der Waals surface area contributed by atoms with Crippen molar-refractivity contribution in [3.05, 3.63) is 0 Å². The first-order valence-electron chi connectivity index (χ1n) is 3.38. The summed E-state index contributed by atoms with van der Waals surface area (Å²) in [6.45, 7) is 0.339. The van der Waals surface area contributed by atoms with Crippen LogP contribution >= 0.6 is 11.6 Å². The van der Waals surface area contributed by atoms with Crippen molar-refractivity contribution >= 4 is 23.5 Å². The second kappa shape index (κ2) is 5.79. The van der Waals surface area contributed by atoms with Gasteiger partial charge in [0.1, 0.15) is 6.04 Å². The minimum atomic E-state index is -1.10. The number of primary amides is 1. The van der Waals surface area contributed by atoms with Crippen LogP contribution in [-0.2, 0) is 9.59 Å². The summed E-state index contributed by atoms with van der Waals surface area (Å²) in [5, 5.41) is 11.1. The second-order valence-electron chi connectivity index (χ2n) is 2.20. The van der Waals surface area contributed by atoms with Crippen molar-refractivity contribution in [1.29, 1.82) is 0 Å². The minimum Gasteiger partial charge on any atom is -0.480 e. The van der Waals surface area contributed by atoms with Gasteiger partial charge in [-0.1, -0.05) is 0 Å². The summed E-state index contributed by atoms with van der Waals surface area (Å²) in [5.74, 6) is -1.45. The van der Waals surface area contributed by atoms with E-state index in [-0.39, 0.29) is 6.42 Å². The van der Waals surface area contributed by atoms with Crippen molar-refractivity contribution in [3.8, 4) is 0 Å². The van der Waals surface area contributed by atoms with Gasteiger partial charge < -0.3 is 16.2 Å². The summed E-state index contributed by atoms with van der Waals surface area (Å²) in [4.78, 5) is 20.8. The fourth-order valence-corrected chi connectivity index (χ4v) is 0.786. The molecule has 0 aliphatic carbocycles. The molecule has 0 heterocycles. The molecule has 6 heteroatoms. The molecule has 1 amide bonds. The molecule has 0 aliphatic heterocycles. The van der Waals surface area contributed by atoms with Crippen molar-refractivity contribution < 1.29 is 14.7 Å². The van der Waals surface area contributed by atoms with Crippen LogP contribution in [0.5, 0.6) is 0 Å². The molecule has 0 saturated carbocycles. The topological polar surface area (TPSA) is 92.4 Å². The molecule has 4 N–H and O–H groups in total. The fraction of sp³-hybridized carbons (Fsp3) is 0.667. The van der Waals surface area contributed by atoms with Gasteiger partial charge in [-0.25, -0.2) is 0 Å². The summed E-state index contributed by atoms with van der Waals surface area (Å²) in [5.41, 5.74) is 4.83. The van der Waals surface area contributed by atoms with Gasteiger partial charge in [-0.3, -0.25) is 9.59 Å². The molecule has 0 bridgehead atoms. The van der Waals surface area contributed by atoms with Crippen molar-refractivity contribution in [1.82, 2.24) is 5.32 Å². The Morgan fingerprint density at radius 3 is 2.50 bits per heavy atom. The second-order valence-corrected chi connectivity index (χ2v) is 2.58. The first-order chi connectivity index (χ1) is 5.57. The molecule has 0 aliphatic rings. The van der Waals surface area contributed by atoms with E-state index >= 15 is 0 Å². The number of nitrogens with two attached hydrogens (primary N) is 1. The number of hydrogen-bond acceptors (Lipinski definition) is 3. The van der Waals surface area contributed by atoms with Gasteiger partial charge in [0, 0.05) is 12.4 Å². The maximum absolute atomic E-state index is 10.4. The zero-order chi connectivity index (χ0) is 9.56. The van der Waals surface area contributed by atoms with E-state index in [1.807, 2.05) is 0 Å². The third-order valence-electron chi connectivity index (χ3n) is 1.19. The Labute approximate surface area is 74.9 Å². The molecular weight excluding hydrogens is 184 g/mol. The van der Waals surface area contributed by atoms with Crippen LogP contribution in [0.1, 0.15) is 6.42 Å². The first kappa shape index (κ1) is 11.2. The Bertz CT molecular complexity index is 174. The van der Waals surface area contributed by atoms with Gasteiger partial charge in [-0.2, -0.15) is 0 Å². The number of aliphatic carboxylic acids is 1.